The number of hydrogen-bond acceptors (Lipinski definition) is 3. The fourth-order valence-corrected chi connectivity index (χ4v) is 2.00. The van der Waals surface area contributed by atoms with Gasteiger partial charge in [-0.25, -0.2) is 4.98 Å². The lowest BCUT2D eigenvalue weighted by Gasteiger charge is -1.90. The van der Waals surface area contributed by atoms with E-state index in [4.69, 9.17) is 0 Å². The Morgan fingerprint density at radius 2 is 2.25 bits per heavy atom. The number of nitrogens with zero attached hydrogens (tertiary/aromatic N) is 2. The lowest BCUT2D eigenvalue weighted by molar-refractivity contribution is 1.08. The lowest BCUT2D eigenvalue weighted by atomic mass is 10.3. The molecule has 0 aliphatic rings. The largest absolute Gasteiger partial charge is 0.276 e. The molecule has 0 fully saturated rings. The van der Waals surface area contributed by atoms with Crippen molar-refractivity contribution in [1.29, 1.82) is 0 Å². The van der Waals surface area contributed by atoms with Crippen LogP contribution in [0.25, 0.3) is 11.4 Å². The highest BCUT2D eigenvalue weighted by molar-refractivity contribution is 7.11. The summed E-state index contributed by atoms with van der Waals surface area (Å²) in [5.74, 6) is 0. The van der Waals surface area contributed by atoms with Crippen molar-refractivity contribution in [1.82, 2.24) is 15.2 Å². The summed E-state index contributed by atoms with van der Waals surface area (Å²) in [6.45, 7) is 4.08. The number of aryl methyl sites for hydroxylation is 2. The van der Waals surface area contributed by atoms with E-state index in [-0.39, 0.29) is 0 Å². The molecule has 3 nitrogen and oxygen atoms in total. The molecule has 0 unspecified atom stereocenters. The van der Waals surface area contributed by atoms with Crippen molar-refractivity contribution in [2.24, 2.45) is 0 Å². The van der Waals surface area contributed by atoms with Crippen LogP contribution in [-0.2, 0) is 0 Å². The Hall–Kier alpha value is -1.16. The van der Waals surface area contributed by atoms with Gasteiger partial charge in [-0.15, -0.1) is 11.3 Å². The fraction of sp³-hybridized carbons (Fsp3) is 0.250. The minimum Gasteiger partial charge on any atom is -0.276 e. The third-order valence-corrected chi connectivity index (χ3v) is 2.55. The Morgan fingerprint density at radius 1 is 1.42 bits per heavy atom. The fourth-order valence-electron chi connectivity index (χ4n) is 1.17. The Morgan fingerprint density at radius 3 is 2.75 bits per heavy atom. The predicted octanol–water partition coefficient (Wildman–Crippen LogP) is 2.15. The highest BCUT2D eigenvalue weighted by Crippen LogP contribution is 2.24. The van der Waals surface area contributed by atoms with Gasteiger partial charge in [0.1, 0.15) is 5.69 Å². The van der Waals surface area contributed by atoms with Crippen molar-refractivity contribution < 1.29 is 0 Å². The summed E-state index contributed by atoms with van der Waals surface area (Å²) in [6.07, 6.45) is 1.74. The van der Waals surface area contributed by atoms with Gasteiger partial charge in [-0.05, 0) is 19.9 Å². The van der Waals surface area contributed by atoms with Crippen molar-refractivity contribution in [3.8, 4) is 11.4 Å². The van der Waals surface area contributed by atoms with Crippen molar-refractivity contribution in [3.05, 3.63) is 22.1 Å². The molecule has 12 heavy (non-hydrogen) atoms. The molecule has 2 aromatic rings. The van der Waals surface area contributed by atoms with Crippen molar-refractivity contribution in [2.75, 3.05) is 0 Å². The number of thiazole rings is 1. The Labute approximate surface area is 74.5 Å². The molecule has 0 aliphatic heterocycles. The zero-order valence-electron chi connectivity index (χ0n) is 6.96. The van der Waals surface area contributed by atoms with E-state index >= 15 is 0 Å². The molecule has 2 aromatic heterocycles. The van der Waals surface area contributed by atoms with E-state index in [1.165, 1.54) is 4.88 Å². The van der Waals surface area contributed by atoms with Gasteiger partial charge in [0.15, 0.2) is 0 Å². The zero-order valence-corrected chi connectivity index (χ0v) is 7.77. The molecule has 0 saturated heterocycles. The Balaban J connectivity index is 2.54. The predicted molar refractivity (Wildman–Crippen MR) is 49.2 cm³/mol. The number of H-pyrrole nitrogens is 1. The van der Waals surface area contributed by atoms with Crippen LogP contribution < -0.4 is 0 Å². The molecule has 0 spiro atoms. The molecule has 0 amide bonds. The van der Waals surface area contributed by atoms with Gasteiger partial charge in [-0.3, -0.25) is 5.10 Å². The quantitative estimate of drug-likeness (QED) is 0.728. The first-order valence-electron chi connectivity index (χ1n) is 3.71. The molecular formula is C8H9N3S. The monoisotopic (exact) mass is 179 g/mol. The summed E-state index contributed by atoms with van der Waals surface area (Å²) in [6, 6.07) is 1.93. The zero-order chi connectivity index (χ0) is 8.55. The Bertz CT molecular complexity index is 375. The topological polar surface area (TPSA) is 41.6 Å². The van der Waals surface area contributed by atoms with Gasteiger partial charge in [-0.2, -0.15) is 5.10 Å². The molecule has 0 atom stereocenters. The first kappa shape index (κ1) is 7.49. The van der Waals surface area contributed by atoms with Gasteiger partial charge < -0.3 is 0 Å². The number of nitrogens with one attached hydrogen (secondary N) is 1. The summed E-state index contributed by atoms with van der Waals surface area (Å²) in [7, 11) is 0. The summed E-state index contributed by atoms with van der Waals surface area (Å²) >= 11 is 1.71. The molecule has 2 rings (SSSR count). The minimum absolute atomic E-state index is 0.997. The van der Waals surface area contributed by atoms with Crippen LogP contribution in [0.15, 0.2) is 12.3 Å². The molecule has 1 N–H and O–H groups in total. The van der Waals surface area contributed by atoms with Gasteiger partial charge in [0.25, 0.3) is 0 Å². The molecule has 4 heteroatoms. The summed E-state index contributed by atoms with van der Waals surface area (Å²) in [5.41, 5.74) is 2.02. The molecular weight excluding hydrogens is 170 g/mol. The number of hydrogen-bond donors (Lipinski definition) is 1. The van der Waals surface area contributed by atoms with Crippen LogP contribution >= 0.6 is 11.3 Å². The molecule has 0 bridgehead atoms. The van der Waals surface area contributed by atoms with E-state index in [1.807, 2.05) is 13.0 Å². The van der Waals surface area contributed by atoms with Crippen molar-refractivity contribution in [3.63, 3.8) is 0 Å². The van der Waals surface area contributed by atoms with Gasteiger partial charge in [0.2, 0.25) is 0 Å². The third kappa shape index (κ3) is 1.14. The molecule has 0 aliphatic carbocycles. The highest BCUT2D eigenvalue weighted by Gasteiger charge is 2.07. The highest BCUT2D eigenvalue weighted by atomic mass is 32.1. The molecule has 0 saturated carbocycles. The average Bonchev–Trinajstić information content (AvgIpc) is 2.58. The maximum absolute atomic E-state index is 4.40. The number of aromatic amines is 1. The van der Waals surface area contributed by atoms with Crippen LogP contribution in [0.4, 0.5) is 0 Å². The number of rotatable bonds is 1. The minimum atomic E-state index is 0.997. The first-order chi connectivity index (χ1) is 5.77. The van der Waals surface area contributed by atoms with E-state index in [9.17, 15) is 0 Å². The number of aromatic nitrogens is 3. The van der Waals surface area contributed by atoms with Gasteiger partial charge in [-0.1, -0.05) is 0 Å². The van der Waals surface area contributed by atoms with Crippen molar-refractivity contribution in [2.45, 2.75) is 13.8 Å². The van der Waals surface area contributed by atoms with Crippen LogP contribution in [0.2, 0.25) is 0 Å². The SMILES string of the molecule is Cc1nc(-c2ccn[nH]2)c(C)s1. The summed E-state index contributed by atoms with van der Waals surface area (Å²) in [5, 5.41) is 7.88. The van der Waals surface area contributed by atoms with Crippen LogP contribution in [0.3, 0.4) is 0 Å². The maximum Gasteiger partial charge on any atom is 0.102 e. The first-order valence-corrected chi connectivity index (χ1v) is 4.53. The molecule has 0 radical (unpaired) electrons. The summed E-state index contributed by atoms with van der Waals surface area (Å²) < 4.78 is 0. The van der Waals surface area contributed by atoms with E-state index in [0.29, 0.717) is 0 Å². The lowest BCUT2D eigenvalue weighted by Crippen LogP contribution is -1.80. The van der Waals surface area contributed by atoms with Crippen LogP contribution in [0.1, 0.15) is 9.88 Å². The van der Waals surface area contributed by atoms with Crippen LogP contribution in [0.5, 0.6) is 0 Å². The standard InChI is InChI=1S/C8H9N3S/c1-5-8(10-6(2)12-5)7-3-4-9-11-7/h3-4H,1-2H3,(H,9,11). The van der Waals surface area contributed by atoms with Crippen molar-refractivity contribution >= 4 is 11.3 Å². The molecule has 0 aromatic carbocycles. The van der Waals surface area contributed by atoms with Crippen LogP contribution in [-0.4, -0.2) is 15.2 Å². The van der Waals surface area contributed by atoms with E-state index < -0.39 is 0 Å². The van der Waals surface area contributed by atoms with Gasteiger partial charge in [0, 0.05) is 11.1 Å². The normalized spacial score (nSPS) is 10.5. The molecule has 2 heterocycles. The Kier molecular flexibility index (Phi) is 1.69. The van der Waals surface area contributed by atoms with Gasteiger partial charge >= 0.3 is 0 Å². The van der Waals surface area contributed by atoms with E-state index in [2.05, 4.69) is 22.1 Å². The second-order valence-electron chi connectivity index (χ2n) is 2.61. The third-order valence-electron chi connectivity index (χ3n) is 1.66. The second-order valence-corrected chi connectivity index (χ2v) is 4.02. The van der Waals surface area contributed by atoms with E-state index in [1.54, 1.807) is 17.5 Å². The van der Waals surface area contributed by atoms with E-state index in [0.717, 1.165) is 16.4 Å². The van der Waals surface area contributed by atoms with Crippen LogP contribution in [0, 0.1) is 13.8 Å². The van der Waals surface area contributed by atoms with Gasteiger partial charge in [0.05, 0.1) is 10.7 Å². The summed E-state index contributed by atoms with van der Waals surface area (Å²) in [4.78, 5) is 5.63. The second kappa shape index (κ2) is 2.71. The maximum atomic E-state index is 4.40. The average molecular weight is 179 g/mol. The molecule has 62 valence electrons. The smallest absolute Gasteiger partial charge is 0.102 e.